The Bertz CT molecular complexity index is 1920. The zero-order chi connectivity index (χ0) is 31.5. The van der Waals surface area contributed by atoms with Crippen LogP contribution in [-0.4, -0.2) is 27.0 Å². The highest BCUT2D eigenvalue weighted by Gasteiger charge is 2.48. The molecule has 1 aliphatic heterocycles. The maximum atomic E-state index is 13.7. The average molecular weight is 679 g/mol. The molecule has 12 heteroatoms. The predicted molar refractivity (Wildman–Crippen MR) is 174 cm³/mol. The predicted octanol–water partition coefficient (Wildman–Crippen LogP) is 8.48. The van der Waals surface area contributed by atoms with Crippen molar-refractivity contribution < 1.29 is 23.8 Å². The van der Waals surface area contributed by atoms with Crippen molar-refractivity contribution in [1.29, 1.82) is 0 Å². The summed E-state index contributed by atoms with van der Waals surface area (Å²) in [4.78, 5) is 28.4. The number of ether oxygens (including phenoxy) is 1. The number of thioether (sulfide) groups is 1. The smallest absolute Gasteiger partial charge is 0.301 e. The molecule has 1 saturated heterocycles. The number of hydrogen-bond acceptors (Lipinski definition) is 8. The van der Waals surface area contributed by atoms with E-state index in [1.807, 2.05) is 36.4 Å². The van der Waals surface area contributed by atoms with Crippen molar-refractivity contribution in [3.63, 3.8) is 0 Å². The second kappa shape index (κ2) is 13.4. The minimum atomic E-state index is -1.06. The number of aromatic nitrogens is 2. The molecule has 1 unspecified atom stereocenters. The van der Waals surface area contributed by atoms with Crippen molar-refractivity contribution in [3.8, 4) is 5.75 Å². The molecule has 1 atom stereocenters. The number of aliphatic hydroxyl groups excluding tert-OH is 1. The molecule has 6 rings (SSSR count). The molecule has 0 aliphatic carbocycles. The highest BCUT2D eigenvalue weighted by Crippen LogP contribution is 2.45. The topological polar surface area (TPSA) is 92.6 Å². The highest BCUT2D eigenvalue weighted by molar-refractivity contribution is 8.00. The lowest BCUT2D eigenvalue weighted by atomic mass is 9.95. The molecule has 1 aromatic heterocycles. The van der Waals surface area contributed by atoms with Gasteiger partial charge in [0.25, 0.3) is 5.78 Å². The van der Waals surface area contributed by atoms with Gasteiger partial charge in [-0.2, -0.15) is 0 Å². The van der Waals surface area contributed by atoms with E-state index in [9.17, 15) is 19.1 Å². The fourth-order valence-corrected chi connectivity index (χ4v) is 7.19. The van der Waals surface area contributed by atoms with Crippen LogP contribution in [0.5, 0.6) is 5.75 Å². The Morgan fingerprint density at radius 2 is 1.73 bits per heavy atom. The second-order valence-corrected chi connectivity index (χ2v) is 12.9. The van der Waals surface area contributed by atoms with Crippen molar-refractivity contribution in [1.82, 2.24) is 10.2 Å². The van der Waals surface area contributed by atoms with Gasteiger partial charge in [-0.15, -0.1) is 10.2 Å². The first-order valence-corrected chi connectivity index (χ1v) is 16.1. The van der Waals surface area contributed by atoms with Crippen LogP contribution in [0.2, 0.25) is 10.0 Å². The number of Topliss-reactive ketones (excluding diaryl/α,β-unsaturated/α-hetero) is 1. The number of amides is 1. The molecule has 45 heavy (non-hydrogen) atoms. The Morgan fingerprint density at radius 3 is 2.49 bits per heavy atom. The van der Waals surface area contributed by atoms with Crippen LogP contribution in [0.25, 0.3) is 5.76 Å². The monoisotopic (exact) mass is 677 g/mol. The molecule has 1 amide bonds. The number of halogens is 3. The first-order chi connectivity index (χ1) is 21.8. The molecule has 7 nitrogen and oxygen atoms in total. The van der Waals surface area contributed by atoms with Gasteiger partial charge >= 0.3 is 5.91 Å². The maximum Gasteiger partial charge on any atom is 0.301 e. The third-order valence-corrected chi connectivity index (χ3v) is 9.64. The number of hydrogen-bond donors (Lipinski definition) is 1. The third-order valence-electron chi connectivity index (χ3n) is 6.95. The normalized spacial score (nSPS) is 15.9. The van der Waals surface area contributed by atoms with Gasteiger partial charge in [-0.3, -0.25) is 14.5 Å². The molecule has 5 aromatic rings. The lowest BCUT2D eigenvalue weighted by Crippen LogP contribution is -2.29. The van der Waals surface area contributed by atoms with Crippen LogP contribution in [0.3, 0.4) is 0 Å². The van der Waals surface area contributed by atoms with E-state index in [1.54, 1.807) is 36.4 Å². The molecule has 2 heterocycles. The standard InChI is InChI=1S/C33H22Cl2FN3O4S2/c34-23-12-9-22(26(35)16-23)18-44-33-38-37-32(45-33)39-28(21-7-4-8-25(15-21)43-17-19-5-2-1-3-6-19)27(30(41)31(39)42)29(40)20-10-13-24(36)14-11-20/h1-16,28,40H,17-18H2/b29-27+. The van der Waals surface area contributed by atoms with Gasteiger partial charge in [-0.25, -0.2) is 4.39 Å². The summed E-state index contributed by atoms with van der Waals surface area (Å²) in [7, 11) is 0. The summed E-state index contributed by atoms with van der Waals surface area (Å²) in [6.07, 6.45) is 0. The number of benzene rings is 4. The van der Waals surface area contributed by atoms with Crippen LogP contribution in [0.15, 0.2) is 107 Å². The molecule has 1 aliphatic rings. The Hall–Kier alpha value is -4.22. The molecule has 226 valence electrons. The number of aliphatic hydroxyl groups is 1. The second-order valence-electron chi connectivity index (χ2n) is 9.90. The van der Waals surface area contributed by atoms with Crippen molar-refractivity contribution in [2.75, 3.05) is 4.90 Å². The zero-order valence-electron chi connectivity index (χ0n) is 23.2. The summed E-state index contributed by atoms with van der Waals surface area (Å²) < 4.78 is 20.2. The summed E-state index contributed by atoms with van der Waals surface area (Å²) in [6, 6.07) is 25.7. The molecule has 0 radical (unpaired) electrons. The molecular weight excluding hydrogens is 656 g/mol. The maximum absolute atomic E-state index is 13.7. The zero-order valence-corrected chi connectivity index (χ0v) is 26.3. The van der Waals surface area contributed by atoms with Gasteiger partial charge in [0, 0.05) is 21.4 Å². The number of carbonyl (C=O) groups is 2. The van der Waals surface area contributed by atoms with Gasteiger partial charge in [0.15, 0.2) is 4.34 Å². The number of ketones is 1. The van der Waals surface area contributed by atoms with E-state index in [-0.39, 0.29) is 16.3 Å². The number of rotatable bonds is 9. The fourth-order valence-electron chi connectivity index (χ4n) is 4.76. The third kappa shape index (κ3) is 6.74. The van der Waals surface area contributed by atoms with Crippen molar-refractivity contribution >= 4 is 68.9 Å². The summed E-state index contributed by atoms with van der Waals surface area (Å²) in [6.45, 7) is 0.300. The highest BCUT2D eigenvalue weighted by atomic mass is 35.5. The van der Waals surface area contributed by atoms with Crippen LogP contribution in [0.1, 0.15) is 28.3 Å². The molecular formula is C33H22Cl2FN3O4S2. The molecule has 0 bridgehead atoms. The fraction of sp³-hybridized carbons (Fsp3) is 0.0909. The van der Waals surface area contributed by atoms with E-state index in [0.29, 0.717) is 38.1 Å². The van der Waals surface area contributed by atoms with E-state index >= 15 is 0 Å². The van der Waals surface area contributed by atoms with E-state index in [1.165, 1.54) is 40.9 Å². The van der Waals surface area contributed by atoms with Crippen LogP contribution in [0, 0.1) is 5.82 Å². The SMILES string of the molecule is O=C1C(=O)N(c2nnc(SCc3ccc(Cl)cc3Cl)s2)C(c2cccc(OCc3ccccc3)c2)/C1=C(\O)c1ccc(F)cc1. The lowest BCUT2D eigenvalue weighted by Gasteiger charge is -2.23. The van der Waals surface area contributed by atoms with Gasteiger partial charge < -0.3 is 9.84 Å². The molecule has 1 N–H and O–H groups in total. The molecule has 0 saturated carbocycles. The van der Waals surface area contributed by atoms with Crippen molar-refractivity contribution in [2.24, 2.45) is 0 Å². The van der Waals surface area contributed by atoms with Crippen LogP contribution < -0.4 is 9.64 Å². The van der Waals surface area contributed by atoms with Gasteiger partial charge in [0.05, 0.1) is 11.6 Å². The minimum Gasteiger partial charge on any atom is -0.507 e. The molecule has 1 fully saturated rings. The van der Waals surface area contributed by atoms with Crippen molar-refractivity contribution in [3.05, 3.63) is 141 Å². The van der Waals surface area contributed by atoms with Crippen LogP contribution in [-0.2, 0) is 21.9 Å². The van der Waals surface area contributed by atoms with Crippen molar-refractivity contribution in [2.45, 2.75) is 22.7 Å². The number of nitrogens with zero attached hydrogens (tertiary/aromatic N) is 3. The molecule has 4 aromatic carbocycles. The van der Waals surface area contributed by atoms with Crippen LogP contribution >= 0.6 is 46.3 Å². The van der Waals surface area contributed by atoms with Gasteiger partial charge in [-0.05, 0) is 65.2 Å². The Labute approximate surface area is 275 Å². The Balaban J connectivity index is 1.36. The number of carbonyl (C=O) groups excluding carboxylic acids is 2. The largest absolute Gasteiger partial charge is 0.507 e. The first kappa shape index (κ1) is 30.8. The number of anilines is 1. The van der Waals surface area contributed by atoms with E-state index in [0.717, 1.165) is 22.5 Å². The summed E-state index contributed by atoms with van der Waals surface area (Å²) >= 11 is 14.8. The average Bonchev–Trinajstić information content (AvgIpc) is 3.62. The quantitative estimate of drug-likeness (QED) is 0.0550. The van der Waals surface area contributed by atoms with Crippen LogP contribution in [0.4, 0.5) is 9.52 Å². The van der Waals surface area contributed by atoms with Gasteiger partial charge in [0.2, 0.25) is 5.13 Å². The van der Waals surface area contributed by atoms with Gasteiger partial charge in [-0.1, -0.05) is 94.8 Å². The van der Waals surface area contributed by atoms with E-state index in [2.05, 4.69) is 10.2 Å². The van der Waals surface area contributed by atoms with E-state index < -0.39 is 29.3 Å². The summed E-state index contributed by atoms with van der Waals surface area (Å²) in [5, 5.41) is 21.0. The molecule has 0 spiro atoms. The van der Waals surface area contributed by atoms with E-state index in [4.69, 9.17) is 27.9 Å². The lowest BCUT2D eigenvalue weighted by molar-refractivity contribution is -0.132. The summed E-state index contributed by atoms with van der Waals surface area (Å²) in [5.74, 6) is -1.77. The van der Waals surface area contributed by atoms with Gasteiger partial charge in [0.1, 0.15) is 23.9 Å². The minimum absolute atomic E-state index is 0.163. The first-order valence-electron chi connectivity index (χ1n) is 13.5. The summed E-state index contributed by atoms with van der Waals surface area (Å²) in [5.41, 5.74) is 2.33. The Morgan fingerprint density at radius 1 is 0.956 bits per heavy atom. The Kier molecular flexibility index (Phi) is 9.18.